The van der Waals surface area contributed by atoms with Crippen LogP contribution in [0, 0.1) is 0 Å². The minimum Gasteiger partial charge on any atom is -0.491 e. The molecule has 4 nitrogen and oxygen atoms in total. The molecule has 2 aromatic rings. The van der Waals surface area contributed by atoms with Gasteiger partial charge in [0.25, 0.3) is 5.22 Å². The highest BCUT2D eigenvalue weighted by Gasteiger charge is 2.09. The van der Waals surface area contributed by atoms with Crippen molar-refractivity contribution in [2.45, 2.75) is 23.5 Å². The second-order valence-electron chi connectivity index (χ2n) is 3.42. The van der Waals surface area contributed by atoms with Crippen LogP contribution in [0.5, 0.6) is 5.75 Å². The van der Waals surface area contributed by atoms with Crippen molar-refractivity contribution in [3.8, 4) is 5.75 Å². The van der Waals surface area contributed by atoms with Crippen LogP contribution in [0.1, 0.15) is 13.3 Å². The second-order valence-corrected chi connectivity index (χ2v) is 4.41. The number of aromatic nitrogens is 1. The molecule has 2 N–H and O–H groups in total. The van der Waals surface area contributed by atoms with E-state index in [-0.39, 0.29) is 0 Å². The molecule has 0 fully saturated rings. The molecule has 0 aliphatic heterocycles. The van der Waals surface area contributed by atoms with E-state index < -0.39 is 0 Å². The predicted octanol–water partition coefficient (Wildman–Crippen LogP) is 3.20. The third-order valence-corrected chi connectivity index (χ3v) is 3.05. The van der Waals surface area contributed by atoms with Crippen molar-refractivity contribution in [2.75, 3.05) is 12.3 Å². The van der Waals surface area contributed by atoms with Gasteiger partial charge in [0.2, 0.25) is 0 Å². The maximum Gasteiger partial charge on any atom is 0.260 e. The average molecular weight is 250 g/mol. The number of hydrogen-bond donors (Lipinski definition) is 1. The zero-order valence-electron chi connectivity index (χ0n) is 9.55. The number of oxazole rings is 1. The number of nitrogens with two attached hydrogens (primary N) is 1. The van der Waals surface area contributed by atoms with Crippen LogP contribution in [-0.4, -0.2) is 11.6 Å². The van der Waals surface area contributed by atoms with Crippen LogP contribution in [0.15, 0.2) is 45.2 Å². The van der Waals surface area contributed by atoms with Gasteiger partial charge in [0.15, 0.2) is 0 Å². The van der Waals surface area contributed by atoms with Crippen LogP contribution in [0.3, 0.4) is 0 Å². The molecule has 0 unspecified atom stereocenters. The highest BCUT2D eigenvalue weighted by Crippen LogP contribution is 2.36. The summed E-state index contributed by atoms with van der Waals surface area (Å²) < 4.78 is 10.7. The van der Waals surface area contributed by atoms with E-state index in [4.69, 9.17) is 14.9 Å². The average Bonchev–Trinajstić information content (AvgIpc) is 2.83. The largest absolute Gasteiger partial charge is 0.491 e. The molecule has 17 heavy (non-hydrogen) atoms. The molecule has 0 atom stereocenters. The molecule has 0 saturated heterocycles. The summed E-state index contributed by atoms with van der Waals surface area (Å²) in [6, 6.07) is 5.69. The summed E-state index contributed by atoms with van der Waals surface area (Å²) in [7, 11) is 0. The van der Waals surface area contributed by atoms with Crippen molar-refractivity contribution >= 4 is 17.4 Å². The Morgan fingerprint density at radius 2 is 2.35 bits per heavy atom. The molecule has 5 heteroatoms. The first kappa shape index (κ1) is 11.9. The summed E-state index contributed by atoms with van der Waals surface area (Å²) in [4.78, 5) is 4.93. The molecule has 0 aliphatic rings. The summed E-state index contributed by atoms with van der Waals surface area (Å²) >= 11 is 1.39. The standard InChI is InChI=1S/C12H14N2O2S/c1-2-7-15-9-4-3-5-10(11(9)13)17-12-14-6-8-16-12/h3-6,8H,2,7,13H2,1H3. The van der Waals surface area contributed by atoms with E-state index in [0.717, 1.165) is 11.3 Å². The quantitative estimate of drug-likeness (QED) is 0.826. The van der Waals surface area contributed by atoms with Gasteiger partial charge >= 0.3 is 0 Å². The van der Waals surface area contributed by atoms with Gasteiger partial charge in [-0.05, 0) is 30.3 Å². The predicted molar refractivity (Wildman–Crippen MR) is 67.3 cm³/mol. The fourth-order valence-electron chi connectivity index (χ4n) is 1.31. The third kappa shape index (κ3) is 2.94. The molecule has 1 heterocycles. The number of anilines is 1. The Morgan fingerprint density at radius 3 is 3.06 bits per heavy atom. The normalized spacial score (nSPS) is 10.4. The topological polar surface area (TPSA) is 61.3 Å². The Labute approximate surface area is 104 Å². The summed E-state index contributed by atoms with van der Waals surface area (Å²) in [5.74, 6) is 0.711. The first-order valence-electron chi connectivity index (χ1n) is 5.40. The molecular formula is C12H14N2O2S. The summed E-state index contributed by atoms with van der Waals surface area (Å²) in [6.45, 7) is 2.72. The molecule has 0 saturated carbocycles. The van der Waals surface area contributed by atoms with Gasteiger partial charge in [0.1, 0.15) is 12.0 Å². The lowest BCUT2D eigenvalue weighted by molar-refractivity contribution is 0.318. The lowest BCUT2D eigenvalue weighted by Crippen LogP contribution is -1.99. The number of nitrogens with zero attached hydrogens (tertiary/aromatic N) is 1. The van der Waals surface area contributed by atoms with E-state index in [0.29, 0.717) is 23.3 Å². The molecule has 2 rings (SSSR count). The van der Waals surface area contributed by atoms with Crippen molar-refractivity contribution in [3.05, 3.63) is 30.7 Å². The molecule has 0 amide bonds. The van der Waals surface area contributed by atoms with Gasteiger partial charge in [-0.25, -0.2) is 4.98 Å². The van der Waals surface area contributed by atoms with E-state index >= 15 is 0 Å². The Bertz CT molecular complexity index is 471. The van der Waals surface area contributed by atoms with Crippen molar-refractivity contribution in [1.82, 2.24) is 4.98 Å². The summed E-state index contributed by atoms with van der Waals surface area (Å²) in [6.07, 6.45) is 4.10. The maximum absolute atomic E-state index is 6.03. The van der Waals surface area contributed by atoms with Crippen molar-refractivity contribution < 1.29 is 9.15 Å². The number of rotatable bonds is 5. The lowest BCUT2D eigenvalue weighted by atomic mass is 10.3. The first-order chi connectivity index (χ1) is 8.31. The third-order valence-electron chi connectivity index (χ3n) is 2.09. The van der Waals surface area contributed by atoms with Crippen LogP contribution in [0.25, 0.3) is 0 Å². The van der Waals surface area contributed by atoms with Crippen LogP contribution in [0.2, 0.25) is 0 Å². The van der Waals surface area contributed by atoms with Gasteiger partial charge in [0, 0.05) is 4.90 Å². The summed E-state index contributed by atoms with van der Waals surface area (Å²) in [5, 5.41) is 0.573. The van der Waals surface area contributed by atoms with Crippen LogP contribution >= 0.6 is 11.8 Å². The van der Waals surface area contributed by atoms with Gasteiger partial charge < -0.3 is 14.9 Å². The maximum atomic E-state index is 6.03. The van der Waals surface area contributed by atoms with Crippen molar-refractivity contribution in [3.63, 3.8) is 0 Å². The lowest BCUT2D eigenvalue weighted by Gasteiger charge is -2.10. The highest BCUT2D eigenvalue weighted by atomic mass is 32.2. The molecule has 1 aromatic heterocycles. The zero-order chi connectivity index (χ0) is 12.1. The minimum absolute atomic E-state index is 0.573. The number of ether oxygens (including phenoxy) is 1. The van der Waals surface area contributed by atoms with E-state index in [1.54, 1.807) is 6.20 Å². The van der Waals surface area contributed by atoms with Gasteiger partial charge in [-0.15, -0.1) is 0 Å². The van der Waals surface area contributed by atoms with E-state index in [1.807, 2.05) is 18.2 Å². The van der Waals surface area contributed by atoms with Crippen LogP contribution in [-0.2, 0) is 0 Å². The first-order valence-corrected chi connectivity index (χ1v) is 6.21. The molecule has 0 bridgehead atoms. The molecule has 0 radical (unpaired) electrons. The highest BCUT2D eigenvalue weighted by molar-refractivity contribution is 7.99. The number of hydrogen-bond acceptors (Lipinski definition) is 5. The Hall–Kier alpha value is -1.62. The molecule has 1 aromatic carbocycles. The minimum atomic E-state index is 0.573. The Kier molecular flexibility index (Phi) is 3.93. The number of benzene rings is 1. The van der Waals surface area contributed by atoms with Gasteiger partial charge in [-0.3, -0.25) is 0 Å². The van der Waals surface area contributed by atoms with Gasteiger partial charge in [-0.1, -0.05) is 13.0 Å². The second kappa shape index (κ2) is 5.63. The summed E-state index contributed by atoms with van der Waals surface area (Å²) in [5.41, 5.74) is 6.65. The Balaban J connectivity index is 2.17. The number of nitrogen functional groups attached to an aromatic ring is 1. The zero-order valence-corrected chi connectivity index (χ0v) is 10.4. The van der Waals surface area contributed by atoms with E-state index in [9.17, 15) is 0 Å². The fourth-order valence-corrected chi connectivity index (χ4v) is 2.07. The van der Waals surface area contributed by atoms with E-state index in [2.05, 4.69) is 11.9 Å². The molecule has 0 spiro atoms. The van der Waals surface area contributed by atoms with Crippen molar-refractivity contribution in [2.24, 2.45) is 0 Å². The Morgan fingerprint density at radius 1 is 1.47 bits per heavy atom. The monoisotopic (exact) mass is 250 g/mol. The van der Waals surface area contributed by atoms with Crippen LogP contribution < -0.4 is 10.5 Å². The van der Waals surface area contributed by atoms with Gasteiger partial charge in [0.05, 0.1) is 18.5 Å². The molecule has 0 aliphatic carbocycles. The van der Waals surface area contributed by atoms with Crippen molar-refractivity contribution in [1.29, 1.82) is 0 Å². The fraction of sp³-hybridized carbons (Fsp3) is 0.250. The molecule has 90 valence electrons. The number of para-hydroxylation sites is 1. The smallest absolute Gasteiger partial charge is 0.260 e. The molecular weight excluding hydrogens is 236 g/mol. The SMILES string of the molecule is CCCOc1cccc(Sc2ncco2)c1N. The van der Waals surface area contributed by atoms with Gasteiger partial charge in [-0.2, -0.15) is 0 Å². The van der Waals surface area contributed by atoms with Crippen LogP contribution in [0.4, 0.5) is 5.69 Å². The van der Waals surface area contributed by atoms with E-state index in [1.165, 1.54) is 18.0 Å².